The minimum absolute atomic E-state index is 0.0421. The molecule has 2 aliphatic carbocycles. The van der Waals surface area contributed by atoms with Gasteiger partial charge in [-0.15, -0.1) is 0 Å². The van der Waals surface area contributed by atoms with Crippen LogP contribution in [0.1, 0.15) is 114 Å². The third kappa shape index (κ3) is 10.2. The van der Waals surface area contributed by atoms with Gasteiger partial charge in [-0.1, -0.05) is 53.4 Å². The second-order valence-electron chi connectivity index (χ2n) is 17.8. The lowest BCUT2D eigenvalue weighted by Crippen LogP contribution is -2.62. The first-order chi connectivity index (χ1) is 29.2. The second kappa shape index (κ2) is 18.4. The largest absolute Gasteiger partial charge is 0.454 e. The molecule has 328 valence electrons. The first-order valence-electron chi connectivity index (χ1n) is 21.4. The van der Waals surface area contributed by atoms with E-state index in [1.165, 1.54) is 28.4 Å². The Kier molecular flexibility index (Phi) is 13.1. The van der Waals surface area contributed by atoms with Crippen molar-refractivity contribution in [2.24, 2.45) is 11.3 Å². The van der Waals surface area contributed by atoms with Crippen molar-refractivity contribution < 1.29 is 47.8 Å². The Morgan fingerprint density at radius 2 is 1.59 bits per heavy atom. The molecule has 0 bridgehead atoms. The Morgan fingerprint density at radius 3 is 2.20 bits per heavy atom. The summed E-state index contributed by atoms with van der Waals surface area (Å²) in [6.45, 7) is 7.59. The molecular formula is C43H56N8O10. The van der Waals surface area contributed by atoms with Crippen LogP contribution < -0.4 is 30.7 Å². The molecule has 18 nitrogen and oxygen atoms in total. The molecule has 7 rings (SSSR count). The third-order valence-corrected chi connectivity index (χ3v) is 12.0. The molecular weight excluding hydrogens is 789 g/mol. The van der Waals surface area contributed by atoms with Gasteiger partial charge in [0.2, 0.25) is 30.3 Å². The molecule has 1 aromatic carbocycles. The summed E-state index contributed by atoms with van der Waals surface area (Å²) in [6, 6.07) is -0.987. The number of hydrogen-bond acceptors (Lipinski definition) is 12. The van der Waals surface area contributed by atoms with Crippen molar-refractivity contribution in [3.05, 3.63) is 47.5 Å². The van der Waals surface area contributed by atoms with Gasteiger partial charge in [0.15, 0.2) is 11.5 Å². The molecule has 18 heteroatoms. The zero-order valence-corrected chi connectivity index (χ0v) is 35.2. The lowest BCUT2D eigenvalue weighted by Gasteiger charge is -2.37. The SMILES string of the molecule is CCC[C@H](NC(=O)[C@@H]1C[C@@H](OC(=O)N2Cc3cc4c(cc3C2)OCO4)CN1C(=O)[C@@H](NC(=O)[C@@H](NC(=O)c1cnccn1)C1CCCCC1)C(C)(C)C)C(=O)C(=O)NC1CC1. The van der Waals surface area contributed by atoms with E-state index < -0.39 is 77.1 Å². The highest BCUT2D eigenvalue weighted by Gasteiger charge is 2.48. The maximum Gasteiger partial charge on any atom is 0.410 e. The molecule has 3 fully saturated rings. The van der Waals surface area contributed by atoms with E-state index in [9.17, 15) is 33.6 Å². The zero-order valence-electron chi connectivity index (χ0n) is 35.2. The molecule has 1 saturated heterocycles. The summed E-state index contributed by atoms with van der Waals surface area (Å²) >= 11 is 0. The molecule has 2 saturated carbocycles. The van der Waals surface area contributed by atoms with Crippen molar-refractivity contribution >= 4 is 41.4 Å². The smallest absolute Gasteiger partial charge is 0.410 e. The van der Waals surface area contributed by atoms with E-state index in [2.05, 4.69) is 31.2 Å². The van der Waals surface area contributed by atoms with Crippen LogP contribution in [-0.2, 0) is 41.8 Å². The Bertz CT molecular complexity index is 1980. The number of fused-ring (bicyclic) bond motifs is 2. The predicted octanol–water partition coefficient (Wildman–Crippen LogP) is 2.67. The summed E-state index contributed by atoms with van der Waals surface area (Å²) in [5.74, 6) is -3.04. The van der Waals surface area contributed by atoms with Crippen LogP contribution in [0.5, 0.6) is 11.5 Å². The van der Waals surface area contributed by atoms with E-state index in [4.69, 9.17) is 14.2 Å². The molecule has 6 amide bonds. The van der Waals surface area contributed by atoms with Crippen LogP contribution in [0.2, 0.25) is 0 Å². The normalized spacial score (nSPS) is 21.1. The van der Waals surface area contributed by atoms with Gasteiger partial charge in [-0.25, -0.2) is 9.78 Å². The standard InChI is InChI=1S/C43H56N8O10/c1-5-9-29(35(52)40(56)46-27-12-13-27)47-38(54)31-18-28(61-42(58)50-20-25-16-32-33(60-23-59-32)17-26(25)21-50)22-51(31)41(57)36(43(2,3)4)49-39(55)34(24-10-7-6-8-11-24)48-37(53)30-19-44-14-15-45-30/h14-17,19,24,27-29,31,34,36H,5-13,18,20-23H2,1-4H3,(H,46,56)(H,47,54)(H,48,53)(H,49,55)/t28-,29+,31+,34+,36-/m1/s1. The Morgan fingerprint density at radius 1 is 0.902 bits per heavy atom. The number of carbonyl (C=O) groups is 7. The molecule has 1 aromatic heterocycles. The fourth-order valence-corrected chi connectivity index (χ4v) is 8.52. The predicted molar refractivity (Wildman–Crippen MR) is 216 cm³/mol. The zero-order chi connectivity index (χ0) is 43.4. The summed E-state index contributed by atoms with van der Waals surface area (Å²) in [5, 5.41) is 11.2. The maximum absolute atomic E-state index is 14.9. The monoisotopic (exact) mass is 844 g/mol. The molecule has 61 heavy (non-hydrogen) atoms. The number of hydrogen-bond donors (Lipinski definition) is 4. The number of Topliss-reactive ketones (excluding diaryl/α,β-unsaturated/α-hetero) is 1. The number of nitrogens with one attached hydrogen (secondary N) is 4. The number of likely N-dealkylation sites (tertiary alicyclic amines) is 1. The lowest BCUT2D eigenvalue weighted by molar-refractivity contribution is -0.145. The van der Waals surface area contributed by atoms with E-state index in [1.807, 2.05) is 19.1 Å². The summed E-state index contributed by atoms with van der Waals surface area (Å²) in [5.41, 5.74) is 0.885. The minimum Gasteiger partial charge on any atom is -0.454 e. The number of rotatable bonds is 14. The van der Waals surface area contributed by atoms with E-state index in [-0.39, 0.29) is 56.9 Å². The summed E-state index contributed by atoms with van der Waals surface area (Å²) in [6.07, 6.45) is 8.78. The lowest BCUT2D eigenvalue weighted by atomic mass is 9.82. The van der Waals surface area contributed by atoms with E-state index in [0.29, 0.717) is 30.8 Å². The molecule has 5 atom stereocenters. The van der Waals surface area contributed by atoms with Crippen LogP contribution in [0.15, 0.2) is 30.7 Å². The number of ether oxygens (including phenoxy) is 3. The summed E-state index contributed by atoms with van der Waals surface area (Å²) in [4.78, 5) is 108. The minimum atomic E-state index is -1.23. The summed E-state index contributed by atoms with van der Waals surface area (Å²) in [7, 11) is 0. The maximum atomic E-state index is 14.9. The van der Waals surface area contributed by atoms with Crippen LogP contribution >= 0.6 is 0 Å². The average molecular weight is 845 g/mol. The highest BCUT2D eigenvalue weighted by atomic mass is 16.7. The van der Waals surface area contributed by atoms with Gasteiger partial charge in [-0.2, -0.15) is 0 Å². The van der Waals surface area contributed by atoms with Crippen LogP contribution in [0, 0.1) is 11.3 Å². The number of nitrogens with zero attached hydrogens (tertiary/aromatic N) is 4. The van der Waals surface area contributed by atoms with Crippen LogP contribution in [0.3, 0.4) is 0 Å². The van der Waals surface area contributed by atoms with Gasteiger partial charge >= 0.3 is 6.09 Å². The second-order valence-corrected chi connectivity index (χ2v) is 17.8. The van der Waals surface area contributed by atoms with Crippen LogP contribution in [-0.4, -0.2) is 111 Å². The van der Waals surface area contributed by atoms with Crippen LogP contribution in [0.25, 0.3) is 0 Å². The highest BCUT2D eigenvalue weighted by molar-refractivity contribution is 6.38. The van der Waals surface area contributed by atoms with Crippen molar-refractivity contribution in [3.8, 4) is 11.5 Å². The number of aromatic nitrogens is 2. The Hall–Kier alpha value is -5.81. The first-order valence-corrected chi connectivity index (χ1v) is 21.4. The van der Waals surface area contributed by atoms with Crippen molar-refractivity contribution in [2.75, 3.05) is 13.3 Å². The number of benzene rings is 1. The Balaban J connectivity index is 1.11. The van der Waals surface area contributed by atoms with E-state index in [0.717, 1.165) is 43.2 Å². The summed E-state index contributed by atoms with van der Waals surface area (Å²) < 4.78 is 17.0. The fourth-order valence-electron chi connectivity index (χ4n) is 8.52. The van der Waals surface area contributed by atoms with Gasteiger partial charge in [0.1, 0.15) is 29.9 Å². The van der Waals surface area contributed by atoms with Gasteiger partial charge in [0.05, 0.1) is 18.8 Å². The van der Waals surface area contributed by atoms with Gasteiger partial charge < -0.3 is 40.4 Å². The van der Waals surface area contributed by atoms with Gasteiger partial charge in [-0.05, 0) is 66.7 Å². The van der Waals surface area contributed by atoms with Gasteiger partial charge in [0, 0.05) is 37.9 Å². The Labute approximate surface area is 354 Å². The number of ketones is 1. The molecule has 0 unspecified atom stereocenters. The fraction of sp³-hybridized carbons (Fsp3) is 0.605. The number of amides is 6. The van der Waals surface area contributed by atoms with Crippen molar-refractivity contribution in [1.82, 2.24) is 41.0 Å². The molecule has 2 aromatic rings. The quantitative estimate of drug-likeness (QED) is 0.202. The van der Waals surface area contributed by atoms with Gasteiger partial charge in [-0.3, -0.25) is 38.7 Å². The molecule has 5 aliphatic rings. The molecule has 0 radical (unpaired) electrons. The molecule has 4 N–H and O–H groups in total. The van der Waals surface area contributed by atoms with E-state index >= 15 is 0 Å². The van der Waals surface area contributed by atoms with Gasteiger partial charge in [0.25, 0.3) is 11.8 Å². The molecule has 4 heterocycles. The first kappa shape index (κ1) is 43.3. The van der Waals surface area contributed by atoms with E-state index in [1.54, 1.807) is 20.8 Å². The van der Waals surface area contributed by atoms with Crippen LogP contribution in [0.4, 0.5) is 4.79 Å². The molecule has 0 spiro atoms. The van der Waals surface area contributed by atoms with Crippen molar-refractivity contribution in [2.45, 2.75) is 141 Å². The third-order valence-electron chi connectivity index (χ3n) is 12.0. The van der Waals surface area contributed by atoms with Crippen molar-refractivity contribution in [1.29, 1.82) is 0 Å². The average Bonchev–Trinajstić information content (AvgIpc) is 3.56. The van der Waals surface area contributed by atoms with Crippen molar-refractivity contribution in [3.63, 3.8) is 0 Å². The number of carbonyl (C=O) groups excluding carboxylic acids is 7. The highest BCUT2D eigenvalue weighted by Crippen LogP contribution is 2.38. The molecule has 3 aliphatic heterocycles. The topological polar surface area (TPSA) is 228 Å².